The van der Waals surface area contributed by atoms with E-state index in [9.17, 15) is 4.79 Å². The van der Waals surface area contributed by atoms with Crippen molar-refractivity contribution in [3.05, 3.63) is 51.7 Å². The molecule has 5 heteroatoms. The third-order valence-corrected chi connectivity index (χ3v) is 5.69. The minimum absolute atomic E-state index is 0.0484. The lowest BCUT2D eigenvalue weighted by molar-refractivity contribution is -0.115. The van der Waals surface area contributed by atoms with Crippen molar-refractivity contribution in [2.24, 2.45) is 0 Å². The number of hydrogen-bond donors (Lipinski definition) is 1. The molecule has 1 aromatic carbocycles. The fraction of sp³-hybridized carbons (Fsp3) is 0.389. The van der Waals surface area contributed by atoms with E-state index in [0.29, 0.717) is 6.42 Å². The Kier molecular flexibility index (Phi) is 5.75. The SMILES string of the molecule is Cc1cc(CN2CCSCC2)ccc1NC(=O)Cc1ccsc1. The average Bonchev–Trinajstić information content (AvgIpc) is 3.04. The average molecular weight is 347 g/mol. The van der Waals surface area contributed by atoms with E-state index in [0.717, 1.165) is 23.4 Å². The lowest BCUT2D eigenvalue weighted by Gasteiger charge is -2.26. The molecule has 122 valence electrons. The van der Waals surface area contributed by atoms with Crippen molar-refractivity contribution >= 4 is 34.7 Å². The summed E-state index contributed by atoms with van der Waals surface area (Å²) >= 11 is 3.66. The standard InChI is InChI=1S/C18H22N2OS2/c1-14-10-15(12-20-5-8-22-9-6-20)2-3-17(14)19-18(21)11-16-4-7-23-13-16/h2-4,7,10,13H,5-6,8-9,11-12H2,1H3,(H,19,21). The van der Waals surface area contributed by atoms with Crippen LogP contribution < -0.4 is 5.32 Å². The quantitative estimate of drug-likeness (QED) is 0.894. The van der Waals surface area contributed by atoms with E-state index in [1.54, 1.807) is 11.3 Å². The Bertz CT molecular complexity index is 649. The summed E-state index contributed by atoms with van der Waals surface area (Å²) < 4.78 is 0. The predicted octanol–water partition coefficient (Wildman–Crippen LogP) is 3.79. The van der Waals surface area contributed by atoms with Crippen LogP contribution in [0.3, 0.4) is 0 Å². The second-order valence-electron chi connectivity index (χ2n) is 5.89. The van der Waals surface area contributed by atoms with Gasteiger partial charge in [-0.3, -0.25) is 9.69 Å². The van der Waals surface area contributed by atoms with E-state index < -0.39 is 0 Å². The largest absolute Gasteiger partial charge is 0.326 e. The van der Waals surface area contributed by atoms with Gasteiger partial charge in [0.1, 0.15) is 0 Å². The summed E-state index contributed by atoms with van der Waals surface area (Å²) in [5, 5.41) is 7.05. The van der Waals surface area contributed by atoms with Crippen molar-refractivity contribution in [1.82, 2.24) is 4.90 Å². The summed E-state index contributed by atoms with van der Waals surface area (Å²) in [6.45, 7) is 5.41. The number of nitrogens with zero attached hydrogens (tertiary/aromatic N) is 1. The fourth-order valence-electron chi connectivity index (χ4n) is 2.75. The highest BCUT2D eigenvalue weighted by molar-refractivity contribution is 7.99. The van der Waals surface area contributed by atoms with Crippen LogP contribution in [0.5, 0.6) is 0 Å². The van der Waals surface area contributed by atoms with E-state index >= 15 is 0 Å². The van der Waals surface area contributed by atoms with Crippen LogP contribution in [-0.4, -0.2) is 35.4 Å². The van der Waals surface area contributed by atoms with Crippen LogP contribution in [0.15, 0.2) is 35.0 Å². The van der Waals surface area contributed by atoms with Crippen molar-refractivity contribution in [3.8, 4) is 0 Å². The summed E-state index contributed by atoms with van der Waals surface area (Å²) in [5.41, 5.74) is 4.45. The first kappa shape index (κ1) is 16.6. The molecule has 2 aromatic rings. The van der Waals surface area contributed by atoms with Gasteiger partial charge in [0.25, 0.3) is 0 Å². The minimum atomic E-state index is 0.0484. The Labute approximate surface area is 146 Å². The van der Waals surface area contributed by atoms with E-state index in [-0.39, 0.29) is 5.91 Å². The van der Waals surface area contributed by atoms with Gasteiger partial charge < -0.3 is 5.32 Å². The first-order valence-electron chi connectivity index (χ1n) is 7.91. The number of anilines is 1. The molecule has 1 amide bonds. The number of amides is 1. The normalized spacial score (nSPS) is 15.5. The number of nitrogens with one attached hydrogen (secondary N) is 1. The summed E-state index contributed by atoms with van der Waals surface area (Å²) in [6, 6.07) is 8.36. The number of thioether (sulfide) groups is 1. The van der Waals surface area contributed by atoms with Gasteiger partial charge in [0, 0.05) is 36.8 Å². The molecular weight excluding hydrogens is 324 g/mol. The van der Waals surface area contributed by atoms with E-state index in [2.05, 4.69) is 29.3 Å². The summed E-state index contributed by atoms with van der Waals surface area (Å²) in [6.07, 6.45) is 0.441. The highest BCUT2D eigenvalue weighted by atomic mass is 32.2. The Hall–Kier alpha value is -1.30. The van der Waals surface area contributed by atoms with Gasteiger partial charge in [0.15, 0.2) is 0 Å². The maximum absolute atomic E-state index is 12.1. The number of rotatable bonds is 5. The zero-order valence-corrected chi connectivity index (χ0v) is 15.0. The molecule has 0 radical (unpaired) electrons. The second-order valence-corrected chi connectivity index (χ2v) is 7.90. The molecule has 3 nitrogen and oxygen atoms in total. The van der Waals surface area contributed by atoms with E-state index in [4.69, 9.17) is 0 Å². The lowest BCUT2D eigenvalue weighted by atomic mass is 10.1. The molecule has 2 heterocycles. The van der Waals surface area contributed by atoms with Crippen LogP contribution in [0.4, 0.5) is 5.69 Å². The summed E-state index contributed by atoms with van der Waals surface area (Å²) in [4.78, 5) is 14.6. The van der Waals surface area contributed by atoms with Crippen LogP contribution >= 0.6 is 23.1 Å². The van der Waals surface area contributed by atoms with Crippen molar-refractivity contribution < 1.29 is 4.79 Å². The topological polar surface area (TPSA) is 32.3 Å². The molecule has 3 rings (SSSR count). The second kappa shape index (κ2) is 7.99. The Morgan fingerprint density at radius 3 is 2.74 bits per heavy atom. The summed E-state index contributed by atoms with van der Waals surface area (Å²) in [5.74, 6) is 2.51. The van der Waals surface area contributed by atoms with Crippen molar-refractivity contribution in [1.29, 1.82) is 0 Å². The fourth-order valence-corrected chi connectivity index (χ4v) is 4.40. The van der Waals surface area contributed by atoms with Gasteiger partial charge in [0.2, 0.25) is 5.91 Å². The summed E-state index contributed by atoms with van der Waals surface area (Å²) in [7, 11) is 0. The number of thiophene rings is 1. The van der Waals surface area contributed by atoms with Gasteiger partial charge in [-0.15, -0.1) is 0 Å². The van der Waals surface area contributed by atoms with Gasteiger partial charge in [-0.05, 0) is 46.5 Å². The Morgan fingerprint density at radius 1 is 1.22 bits per heavy atom. The van der Waals surface area contributed by atoms with Crippen LogP contribution in [-0.2, 0) is 17.8 Å². The molecule has 1 aromatic heterocycles. The molecule has 23 heavy (non-hydrogen) atoms. The molecule has 1 fully saturated rings. The molecule has 0 saturated carbocycles. The van der Waals surface area contributed by atoms with Crippen LogP contribution in [0.1, 0.15) is 16.7 Å². The van der Waals surface area contributed by atoms with E-state index in [1.807, 2.05) is 34.7 Å². The predicted molar refractivity (Wildman–Crippen MR) is 100 cm³/mol. The molecule has 1 aliphatic rings. The molecule has 1 N–H and O–H groups in total. The molecule has 1 saturated heterocycles. The smallest absolute Gasteiger partial charge is 0.228 e. The number of carbonyl (C=O) groups excluding carboxylic acids is 1. The third kappa shape index (κ3) is 4.83. The van der Waals surface area contributed by atoms with Gasteiger partial charge in [0.05, 0.1) is 6.42 Å². The molecule has 0 aliphatic carbocycles. The zero-order chi connectivity index (χ0) is 16.1. The van der Waals surface area contributed by atoms with Crippen molar-refractivity contribution in [2.75, 3.05) is 29.9 Å². The number of aryl methyl sites for hydroxylation is 1. The van der Waals surface area contributed by atoms with Crippen molar-refractivity contribution in [2.45, 2.75) is 19.9 Å². The first-order valence-corrected chi connectivity index (χ1v) is 10.0. The Balaban J connectivity index is 1.58. The van der Waals surface area contributed by atoms with Gasteiger partial charge in [-0.25, -0.2) is 0 Å². The molecule has 0 unspecified atom stereocenters. The van der Waals surface area contributed by atoms with Gasteiger partial charge in [-0.1, -0.05) is 12.1 Å². The molecular formula is C18H22N2OS2. The molecule has 0 atom stereocenters. The number of carbonyl (C=O) groups is 1. The highest BCUT2D eigenvalue weighted by Gasteiger charge is 2.12. The maximum Gasteiger partial charge on any atom is 0.228 e. The monoisotopic (exact) mass is 346 g/mol. The van der Waals surface area contributed by atoms with Crippen LogP contribution in [0.2, 0.25) is 0 Å². The number of benzene rings is 1. The van der Waals surface area contributed by atoms with Crippen LogP contribution in [0.25, 0.3) is 0 Å². The minimum Gasteiger partial charge on any atom is -0.326 e. The number of hydrogen-bond acceptors (Lipinski definition) is 4. The first-order chi connectivity index (χ1) is 11.2. The van der Waals surface area contributed by atoms with Crippen LogP contribution in [0, 0.1) is 6.92 Å². The molecule has 0 spiro atoms. The lowest BCUT2D eigenvalue weighted by Crippen LogP contribution is -2.31. The molecule has 0 bridgehead atoms. The molecule has 1 aliphatic heterocycles. The highest BCUT2D eigenvalue weighted by Crippen LogP contribution is 2.20. The van der Waals surface area contributed by atoms with Crippen molar-refractivity contribution in [3.63, 3.8) is 0 Å². The van der Waals surface area contributed by atoms with Gasteiger partial charge >= 0.3 is 0 Å². The zero-order valence-electron chi connectivity index (χ0n) is 13.4. The van der Waals surface area contributed by atoms with E-state index in [1.165, 1.54) is 30.2 Å². The third-order valence-electron chi connectivity index (χ3n) is 4.02. The maximum atomic E-state index is 12.1. The van der Waals surface area contributed by atoms with Gasteiger partial charge in [-0.2, -0.15) is 23.1 Å². The Morgan fingerprint density at radius 2 is 2.04 bits per heavy atom.